The summed E-state index contributed by atoms with van der Waals surface area (Å²) in [4.78, 5) is 16.3. The number of nitrogens with zero attached hydrogens (tertiary/aromatic N) is 2. The van der Waals surface area contributed by atoms with Gasteiger partial charge in [0, 0.05) is 29.9 Å². The first kappa shape index (κ1) is 15.4. The van der Waals surface area contributed by atoms with E-state index in [-0.39, 0.29) is 11.3 Å². The van der Waals surface area contributed by atoms with E-state index in [9.17, 15) is 4.79 Å². The van der Waals surface area contributed by atoms with E-state index < -0.39 is 0 Å². The third-order valence-corrected chi connectivity index (χ3v) is 5.41. The van der Waals surface area contributed by atoms with Crippen molar-refractivity contribution in [2.75, 3.05) is 29.6 Å². The Bertz CT molecular complexity index is 670. The Morgan fingerprint density at radius 1 is 1.09 bits per heavy atom. The average molecular weight is 377 g/mol. The van der Waals surface area contributed by atoms with Gasteiger partial charge >= 0.3 is 0 Å². The van der Waals surface area contributed by atoms with E-state index in [1.54, 1.807) is 11.8 Å². The van der Waals surface area contributed by atoms with Gasteiger partial charge in [0.15, 0.2) is 0 Å². The summed E-state index contributed by atoms with van der Waals surface area (Å²) < 4.78 is 1.02. The van der Waals surface area contributed by atoms with E-state index >= 15 is 0 Å². The van der Waals surface area contributed by atoms with Crippen LogP contribution in [0.2, 0.25) is 0 Å². The fourth-order valence-electron chi connectivity index (χ4n) is 2.49. The second kappa shape index (κ2) is 6.34. The summed E-state index contributed by atoms with van der Waals surface area (Å²) in [7, 11) is 4.05. The predicted molar refractivity (Wildman–Crippen MR) is 97.6 cm³/mol. The van der Waals surface area contributed by atoms with Gasteiger partial charge < -0.3 is 4.90 Å². The minimum atomic E-state index is 0.0462. The zero-order valence-electron chi connectivity index (χ0n) is 12.5. The summed E-state index contributed by atoms with van der Waals surface area (Å²) in [6, 6.07) is 16.3. The number of carbonyl (C=O) groups is 1. The summed E-state index contributed by atoms with van der Waals surface area (Å²) >= 11 is 5.11. The van der Waals surface area contributed by atoms with E-state index in [4.69, 9.17) is 0 Å². The zero-order chi connectivity index (χ0) is 15.7. The average Bonchev–Trinajstić information content (AvgIpc) is 2.90. The maximum absolute atomic E-state index is 12.3. The molecule has 2 aromatic rings. The molecule has 0 aliphatic carbocycles. The van der Waals surface area contributed by atoms with Crippen LogP contribution in [0.5, 0.6) is 0 Å². The fourth-order valence-corrected chi connectivity index (χ4v) is 3.93. The van der Waals surface area contributed by atoms with E-state index in [1.807, 2.05) is 43.3 Å². The van der Waals surface area contributed by atoms with Gasteiger partial charge in [-0.1, -0.05) is 28.1 Å². The molecular weight excluding hydrogens is 360 g/mol. The molecule has 0 N–H and O–H groups in total. The number of anilines is 2. The molecule has 0 spiro atoms. The van der Waals surface area contributed by atoms with E-state index in [0.717, 1.165) is 21.4 Å². The fraction of sp³-hybridized carbons (Fsp3) is 0.235. The number of hydrogen-bond acceptors (Lipinski definition) is 3. The molecule has 3 nitrogen and oxygen atoms in total. The number of hydrogen-bond donors (Lipinski definition) is 0. The molecule has 5 heteroatoms. The molecular formula is C17H17BrN2OS. The predicted octanol–water partition coefficient (Wildman–Crippen LogP) is 4.29. The van der Waals surface area contributed by atoms with Crippen molar-refractivity contribution in [1.29, 1.82) is 0 Å². The van der Waals surface area contributed by atoms with Crippen molar-refractivity contribution in [3.05, 3.63) is 58.6 Å². The number of thioether (sulfide) groups is 1. The largest absolute Gasteiger partial charge is 0.378 e. The summed E-state index contributed by atoms with van der Waals surface area (Å²) in [5.74, 6) is 0.685. The molecule has 0 radical (unpaired) electrons. The molecule has 0 bridgehead atoms. The lowest BCUT2D eigenvalue weighted by atomic mass is 10.1. The van der Waals surface area contributed by atoms with Gasteiger partial charge in [-0.05, 0) is 42.0 Å². The molecule has 0 saturated carbocycles. The zero-order valence-corrected chi connectivity index (χ0v) is 14.9. The third-order valence-electron chi connectivity index (χ3n) is 3.67. The highest BCUT2D eigenvalue weighted by Crippen LogP contribution is 2.42. The van der Waals surface area contributed by atoms with Crippen molar-refractivity contribution in [1.82, 2.24) is 0 Å². The minimum absolute atomic E-state index is 0.0462. The monoisotopic (exact) mass is 376 g/mol. The number of carbonyl (C=O) groups excluding carboxylic acids is 1. The van der Waals surface area contributed by atoms with Crippen LogP contribution >= 0.6 is 27.7 Å². The van der Waals surface area contributed by atoms with Crippen LogP contribution in [0.25, 0.3) is 0 Å². The van der Waals surface area contributed by atoms with Gasteiger partial charge in [0.2, 0.25) is 5.91 Å². The van der Waals surface area contributed by atoms with Crippen molar-refractivity contribution in [2.24, 2.45) is 0 Å². The molecule has 1 atom stereocenters. The lowest BCUT2D eigenvalue weighted by Gasteiger charge is -2.25. The quantitative estimate of drug-likeness (QED) is 0.797. The van der Waals surface area contributed by atoms with Crippen LogP contribution in [0, 0.1) is 0 Å². The molecule has 2 aromatic carbocycles. The van der Waals surface area contributed by atoms with Gasteiger partial charge in [-0.2, -0.15) is 0 Å². The molecule has 114 valence electrons. The van der Waals surface area contributed by atoms with Crippen LogP contribution in [0.4, 0.5) is 11.4 Å². The Kier molecular flexibility index (Phi) is 4.45. The second-order valence-electron chi connectivity index (χ2n) is 5.39. The molecule has 1 unspecified atom stereocenters. The van der Waals surface area contributed by atoms with Gasteiger partial charge in [-0.15, -0.1) is 11.8 Å². The summed E-state index contributed by atoms with van der Waals surface area (Å²) in [6.07, 6.45) is 0. The van der Waals surface area contributed by atoms with Crippen molar-refractivity contribution in [2.45, 2.75) is 5.37 Å². The van der Waals surface area contributed by atoms with Gasteiger partial charge in [0.05, 0.1) is 5.75 Å². The highest BCUT2D eigenvalue weighted by molar-refractivity contribution is 9.10. The first-order valence-electron chi connectivity index (χ1n) is 7.03. The lowest BCUT2D eigenvalue weighted by Crippen LogP contribution is -2.27. The molecule has 1 aliphatic rings. The van der Waals surface area contributed by atoms with Crippen LogP contribution in [-0.2, 0) is 4.79 Å². The SMILES string of the molecule is CN(C)c1ccc(C2SCC(=O)N2c2ccc(Br)cc2)cc1. The summed E-state index contributed by atoms with van der Waals surface area (Å²) in [5, 5.41) is 0.0462. The molecule has 1 amide bonds. The maximum atomic E-state index is 12.3. The molecule has 1 saturated heterocycles. The van der Waals surface area contributed by atoms with Gasteiger partial charge in [-0.3, -0.25) is 9.69 Å². The standard InChI is InChI=1S/C17H17BrN2OS/c1-19(2)14-7-3-12(4-8-14)17-20(16(21)11-22-17)15-9-5-13(18)6-10-15/h3-10,17H,11H2,1-2H3. The normalized spacial score (nSPS) is 17.9. The third kappa shape index (κ3) is 3.01. The molecule has 1 aliphatic heterocycles. The van der Waals surface area contributed by atoms with E-state index in [1.165, 1.54) is 0 Å². The highest BCUT2D eigenvalue weighted by atomic mass is 79.9. The van der Waals surface area contributed by atoms with E-state index in [0.29, 0.717) is 5.75 Å². The van der Waals surface area contributed by atoms with Gasteiger partial charge in [0.1, 0.15) is 5.37 Å². The van der Waals surface area contributed by atoms with Gasteiger partial charge in [-0.25, -0.2) is 0 Å². The van der Waals surface area contributed by atoms with Crippen LogP contribution < -0.4 is 9.80 Å². The first-order chi connectivity index (χ1) is 10.6. The summed E-state index contributed by atoms with van der Waals surface area (Å²) in [6.45, 7) is 0. The number of halogens is 1. The second-order valence-corrected chi connectivity index (χ2v) is 7.37. The topological polar surface area (TPSA) is 23.6 Å². The Morgan fingerprint density at radius 3 is 2.32 bits per heavy atom. The number of amides is 1. The number of rotatable bonds is 3. The first-order valence-corrected chi connectivity index (χ1v) is 8.87. The Morgan fingerprint density at radius 2 is 1.73 bits per heavy atom. The summed E-state index contributed by atoms with van der Waals surface area (Å²) in [5.41, 5.74) is 3.26. The van der Waals surface area contributed by atoms with Crippen LogP contribution in [-0.4, -0.2) is 25.8 Å². The smallest absolute Gasteiger partial charge is 0.238 e. The van der Waals surface area contributed by atoms with E-state index in [2.05, 4.69) is 45.1 Å². The maximum Gasteiger partial charge on any atom is 0.238 e. The molecule has 22 heavy (non-hydrogen) atoms. The Labute approximate surface area is 143 Å². The van der Waals surface area contributed by atoms with Crippen molar-refractivity contribution in [3.8, 4) is 0 Å². The van der Waals surface area contributed by atoms with Crippen LogP contribution in [0.15, 0.2) is 53.0 Å². The number of benzene rings is 2. The van der Waals surface area contributed by atoms with Crippen molar-refractivity contribution in [3.63, 3.8) is 0 Å². The Balaban J connectivity index is 1.91. The van der Waals surface area contributed by atoms with Gasteiger partial charge in [0.25, 0.3) is 0 Å². The highest BCUT2D eigenvalue weighted by Gasteiger charge is 2.33. The Hall–Kier alpha value is -1.46. The van der Waals surface area contributed by atoms with Crippen molar-refractivity contribution >= 4 is 45.0 Å². The molecule has 3 rings (SSSR count). The molecule has 0 aromatic heterocycles. The molecule has 1 fully saturated rings. The van der Waals surface area contributed by atoms with Crippen LogP contribution in [0.1, 0.15) is 10.9 Å². The lowest BCUT2D eigenvalue weighted by molar-refractivity contribution is -0.115. The molecule has 1 heterocycles. The van der Waals surface area contributed by atoms with Crippen LogP contribution in [0.3, 0.4) is 0 Å². The van der Waals surface area contributed by atoms with Crippen molar-refractivity contribution < 1.29 is 4.79 Å². The minimum Gasteiger partial charge on any atom is -0.378 e.